The van der Waals surface area contributed by atoms with Crippen LogP contribution in [0, 0.1) is 5.41 Å². The van der Waals surface area contributed by atoms with Crippen LogP contribution in [0.4, 0.5) is 0 Å². The van der Waals surface area contributed by atoms with Crippen molar-refractivity contribution in [3.8, 4) is 0 Å². The number of aliphatic hydroxyl groups excluding tert-OH is 1. The van der Waals surface area contributed by atoms with Crippen LogP contribution in [0.25, 0.3) is 0 Å². The van der Waals surface area contributed by atoms with Crippen molar-refractivity contribution in [3.63, 3.8) is 0 Å². The second-order valence-corrected chi connectivity index (χ2v) is 5.82. The molecule has 1 rings (SSSR count). The molecular weight excluding hydrogens is 212 g/mol. The topological polar surface area (TPSA) is 35.5 Å². The fourth-order valence-electron chi connectivity index (χ4n) is 2.24. The average Bonchev–Trinajstić information content (AvgIpc) is 3.11. The normalized spacial score (nSPS) is 19.6. The van der Waals surface area contributed by atoms with Crippen LogP contribution in [0.1, 0.15) is 46.5 Å². The standard InChI is InChI=1S/C14H30N2O/c1-4-8-16(9-10-17)12-14(3,5-2)11-15-13-6-7-13/h13,15,17H,4-12H2,1-3H3. The molecule has 0 aromatic rings. The Morgan fingerprint density at radius 1 is 1.29 bits per heavy atom. The van der Waals surface area contributed by atoms with Gasteiger partial charge in [0.2, 0.25) is 0 Å². The molecule has 0 amide bonds. The van der Waals surface area contributed by atoms with Gasteiger partial charge in [0.15, 0.2) is 0 Å². The van der Waals surface area contributed by atoms with Gasteiger partial charge in [-0.25, -0.2) is 0 Å². The van der Waals surface area contributed by atoms with E-state index in [4.69, 9.17) is 5.11 Å². The van der Waals surface area contributed by atoms with Gasteiger partial charge in [0.25, 0.3) is 0 Å². The lowest BCUT2D eigenvalue weighted by Crippen LogP contribution is -2.43. The fraction of sp³-hybridized carbons (Fsp3) is 1.00. The minimum Gasteiger partial charge on any atom is -0.395 e. The van der Waals surface area contributed by atoms with Crippen molar-refractivity contribution < 1.29 is 5.11 Å². The van der Waals surface area contributed by atoms with Crippen LogP contribution in [0.5, 0.6) is 0 Å². The van der Waals surface area contributed by atoms with Crippen LogP contribution in [0.15, 0.2) is 0 Å². The SMILES string of the molecule is CCCN(CCO)CC(C)(CC)CNC1CC1. The van der Waals surface area contributed by atoms with E-state index in [0.717, 1.165) is 38.6 Å². The largest absolute Gasteiger partial charge is 0.395 e. The van der Waals surface area contributed by atoms with E-state index in [2.05, 4.69) is 31.0 Å². The van der Waals surface area contributed by atoms with Crippen LogP contribution in [0.2, 0.25) is 0 Å². The first-order valence-electron chi connectivity index (χ1n) is 7.20. The summed E-state index contributed by atoms with van der Waals surface area (Å²) in [6, 6.07) is 0.790. The molecule has 0 heterocycles. The summed E-state index contributed by atoms with van der Waals surface area (Å²) in [5.74, 6) is 0. The molecule has 17 heavy (non-hydrogen) atoms. The van der Waals surface area contributed by atoms with Crippen molar-refractivity contribution >= 4 is 0 Å². The zero-order valence-electron chi connectivity index (χ0n) is 11.8. The number of hydrogen-bond donors (Lipinski definition) is 2. The molecule has 3 heteroatoms. The molecule has 1 aliphatic carbocycles. The number of aliphatic hydroxyl groups is 1. The van der Waals surface area contributed by atoms with E-state index in [-0.39, 0.29) is 6.61 Å². The molecule has 102 valence electrons. The molecule has 0 saturated heterocycles. The lowest BCUT2D eigenvalue weighted by molar-refractivity contribution is 0.129. The van der Waals surface area contributed by atoms with Crippen LogP contribution in [0.3, 0.4) is 0 Å². The van der Waals surface area contributed by atoms with Gasteiger partial charge in [-0.1, -0.05) is 20.8 Å². The molecule has 0 radical (unpaired) electrons. The Morgan fingerprint density at radius 2 is 2.00 bits per heavy atom. The molecular formula is C14H30N2O. The maximum absolute atomic E-state index is 9.10. The summed E-state index contributed by atoms with van der Waals surface area (Å²) in [5, 5.41) is 12.8. The number of hydrogen-bond acceptors (Lipinski definition) is 3. The van der Waals surface area contributed by atoms with Crippen molar-refractivity contribution in [2.75, 3.05) is 32.8 Å². The van der Waals surface area contributed by atoms with Gasteiger partial charge in [-0.15, -0.1) is 0 Å². The predicted octanol–water partition coefficient (Wildman–Crippen LogP) is 1.86. The molecule has 1 fully saturated rings. The smallest absolute Gasteiger partial charge is 0.0558 e. The van der Waals surface area contributed by atoms with Crippen molar-refractivity contribution in [1.82, 2.24) is 10.2 Å². The lowest BCUT2D eigenvalue weighted by atomic mass is 9.86. The summed E-state index contributed by atoms with van der Waals surface area (Å²) >= 11 is 0. The van der Waals surface area contributed by atoms with E-state index in [1.165, 1.54) is 19.3 Å². The Morgan fingerprint density at radius 3 is 2.47 bits per heavy atom. The highest BCUT2D eigenvalue weighted by Gasteiger charge is 2.28. The summed E-state index contributed by atoms with van der Waals surface area (Å²) in [4.78, 5) is 2.40. The fourth-order valence-corrected chi connectivity index (χ4v) is 2.24. The molecule has 0 aromatic heterocycles. The second-order valence-electron chi connectivity index (χ2n) is 5.82. The van der Waals surface area contributed by atoms with E-state index >= 15 is 0 Å². The predicted molar refractivity (Wildman–Crippen MR) is 73.2 cm³/mol. The molecule has 1 saturated carbocycles. The van der Waals surface area contributed by atoms with Gasteiger partial charge >= 0.3 is 0 Å². The lowest BCUT2D eigenvalue weighted by Gasteiger charge is -2.35. The van der Waals surface area contributed by atoms with Gasteiger partial charge in [0.05, 0.1) is 6.61 Å². The quantitative estimate of drug-likeness (QED) is 0.614. The van der Waals surface area contributed by atoms with Crippen molar-refractivity contribution in [2.45, 2.75) is 52.5 Å². The highest BCUT2D eigenvalue weighted by molar-refractivity contribution is 4.86. The first-order valence-corrected chi connectivity index (χ1v) is 7.20. The summed E-state index contributed by atoms with van der Waals surface area (Å²) in [6.45, 7) is 11.2. The number of rotatable bonds is 10. The summed E-state index contributed by atoms with van der Waals surface area (Å²) < 4.78 is 0. The van der Waals surface area contributed by atoms with Crippen LogP contribution in [-0.4, -0.2) is 48.8 Å². The molecule has 1 aliphatic rings. The molecule has 2 N–H and O–H groups in total. The van der Waals surface area contributed by atoms with Gasteiger partial charge in [0.1, 0.15) is 0 Å². The maximum atomic E-state index is 9.10. The maximum Gasteiger partial charge on any atom is 0.0558 e. The molecule has 3 nitrogen and oxygen atoms in total. The Labute approximate surface area is 107 Å². The first-order chi connectivity index (χ1) is 8.13. The van der Waals surface area contributed by atoms with Gasteiger partial charge in [0, 0.05) is 25.7 Å². The minimum absolute atomic E-state index is 0.274. The third kappa shape index (κ3) is 5.84. The van der Waals surface area contributed by atoms with E-state index in [1.54, 1.807) is 0 Å². The molecule has 0 aromatic carbocycles. The Balaban J connectivity index is 2.38. The van der Waals surface area contributed by atoms with E-state index in [1.807, 2.05) is 0 Å². The van der Waals surface area contributed by atoms with Crippen molar-refractivity contribution in [2.24, 2.45) is 5.41 Å². The zero-order valence-corrected chi connectivity index (χ0v) is 11.8. The third-order valence-electron chi connectivity index (χ3n) is 3.81. The van der Waals surface area contributed by atoms with Crippen LogP contribution < -0.4 is 5.32 Å². The van der Waals surface area contributed by atoms with Crippen LogP contribution in [-0.2, 0) is 0 Å². The van der Waals surface area contributed by atoms with Gasteiger partial charge in [-0.05, 0) is 37.6 Å². The minimum atomic E-state index is 0.274. The highest BCUT2D eigenvalue weighted by Crippen LogP contribution is 2.25. The average molecular weight is 242 g/mol. The van der Waals surface area contributed by atoms with Crippen molar-refractivity contribution in [3.05, 3.63) is 0 Å². The molecule has 0 aliphatic heterocycles. The number of nitrogens with zero attached hydrogens (tertiary/aromatic N) is 1. The number of nitrogens with one attached hydrogen (secondary N) is 1. The van der Waals surface area contributed by atoms with E-state index in [0.29, 0.717) is 5.41 Å². The Bertz CT molecular complexity index is 200. The van der Waals surface area contributed by atoms with E-state index < -0.39 is 0 Å². The Kier molecular flexibility index (Phi) is 6.45. The van der Waals surface area contributed by atoms with E-state index in [9.17, 15) is 0 Å². The summed E-state index contributed by atoms with van der Waals surface area (Å²) in [7, 11) is 0. The molecule has 1 atom stereocenters. The zero-order chi connectivity index (χ0) is 12.7. The monoisotopic (exact) mass is 242 g/mol. The van der Waals surface area contributed by atoms with Crippen molar-refractivity contribution in [1.29, 1.82) is 0 Å². The van der Waals surface area contributed by atoms with Crippen LogP contribution >= 0.6 is 0 Å². The van der Waals surface area contributed by atoms with Gasteiger partial charge < -0.3 is 15.3 Å². The van der Waals surface area contributed by atoms with Gasteiger partial charge in [-0.3, -0.25) is 0 Å². The highest BCUT2D eigenvalue weighted by atomic mass is 16.3. The molecule has 0 spiro atoms. The Hall–Kier alpha value is -0.120. The summed E-state index contributed by atoms with van der Waals surface area (Å²) in [6.07, 6.45) is 5.07. The molecule has 0 bridgehead atoms. The summed E-state index contributed by atoms with van der Waals surface area (Å²) in [5.41, 5.74) is 0.340. The first kappa shape index (κ1) is 14.9. The van der Waals surface area contributed by atoms with Gasteiger partial charge in [-0.2, -0.15) is 0 Å². The third-order valence-corrected chi connectivity index (χ3v) is 3.81. The molecule has 1 unspecified atom stereocenters. The second kappa shape index (κ2) is 7.34.